The lowest BCUT2D eigenvalue weighted by atomic mass is 9.98. The zero-order valence-corrected chi connectivity index (χ0v) is 8.62. The van der Waals surface area contributed by atoms with Crippen molar-refractivity contribution in [3.63, 3.8) is 0 Å². The summed E-state index contributed by atoms with van der Waals surface area (Å²) < 4.78 is 0. The van der Waals surface area contributed by atoms with Crippen molar-refractivity contribution in [1.29, 1.82) is 0 Å². The quantitative estimate of drug-likeness (QED) is 0.710. The van der Waals surface area contributed by atoms with Crippen molar-refractivity contribution in [3.05, 3.63) is 0 Å². The monoisotopic (exact) mass is 184 g/mol. The zero-order valence-electron chi connectivity index (χ0n) is 8.62. The van der Waals surface area contributed by atoms with Gasteiger partial charge in [0.05, 0.1) is 6.04 Å². The number of hydrogen-bond acceptors (Lipinski definition) is 2. The van der Waals surface area contributed by atoms with Gasteiger partial charge in [0.15, 0.2) is 0 Å². The molecule has 1 saturated carbocycles. The molecule has 0 aromatic carbocycles. The third-order valence-corrected chi connectivity index (χ3v) is 2.82. The Labute approximate surface area is 80.3 Å². The molecule has 76 valence electrons. The average Bonchev–Trinajstić information content (AvgIpc) is 2.55. The Morgan fingerprint density at radius 1 is 1.46 bits per heavy atom. The van der Waals surface area contributed by atoms with Gasteiger partial charge in [0.2, 0.25) is 5.91 Å². The van der Waals surface area contributed by atoms with Gasteiger partial charge in [0.25, 0.3) is 0 Å². The molecule has 0 saturated heterocycles. The molecule has 0 aliphatic heterocycles. The molecule has 13 heavy (non-hydrogen) atoms. The fourth-order valence-electron chi connectivity index (χ4n) is 2.04. The molecule has 1 aliphatic rings. The van der Waals surface area contributed by atoms with Crippen molar-refractivity contribution < 1.29 is 4.79 Å². The molecule has 0 aromatic rings. The third-order valence-electron chi connectivity index (χ3n) is 2.82. The van der Waals surface area contributed by atoms with Crippen LogP contribution in [0.5, 0.6) is 0 Å². The predicted octanol–water partition coefficient (Wildman–Crippen LogP) is 0.982. The van der Waals surface area contributed by atoms with E-state index in [1.54, 1.807) is 19.0 Å². The molecule has 1 fully saturated rings. The van der Waals surface area contributed by atoms with Crippen LogP contribution in [0.2, 0.25) is 0 Å². The Morgan fingerprint density at radius 2 is 2.00 bits per heavy atom. The number of amides is 1. The number of rotatable bonds is 3. The summed E-state index contributed by atoms with van der Waals surface area (Å²) in [6, 6.07) is -0.280. The average molecular weight is 184 g/mol. The van der Waals surface area contributed by atoms with Gasteiger partial charge in [0.1, 0.15) is 0 Å². The molecule has 0 heterocycles. The molecule has 3 nitrogen and oxygen atoms in total. The highest BCUT2D eigenvalue weighted by Gasteiger charge is 2.22. The number of carbonyl (C=O) groups is 1. The molecule has 0 aromatic heterocycles. The first-order valence-corrected chi connectivity index (χ1v) is 5.08. The minimum atomic E-state index is -0.280. The van der Waals surface area contributed by atoms with Crippen molar-refractivity contribution in [1.82, 2.24) is 4.90 Å². The molecule has 0 radical (unpaired) electrons. The Hall–Kier alpha value is -0.570. The number of carbonyl (C=O) groups excluding carboxylic acids is 1. The van der Waals surface area contributed by atoms with Crippen LogP contribution in [0.15, 0.2) is 0 Å². The van der Waals surface area contributed by atoms with Crippen molar-refractivity contribution >= 4 is 5.91 Å². The molecule has 1 atom stereocenters. The van der Waals surface area contributed by atoms with Crippen LogP contribution in [0.1, 0.15) is 32.1 Å². The van der Waals surface area contributed by atoms with E-state index in [-0.39, 0.29) is 11.9 Å². The summed E-state index contributed by atoms with van der Waals surface area (Å²) >= 11 is 0. The van der Waals surface area contributed by atoms with Crippen molar-refractivity contribution in [2.24, 2.45) is 11.7 Å². The normalized spacial score (nSPS) is 20.2. The number of hydrogen-bond donors (Lipinski definition) is 1. The van der Waals surface area contributed by atoms with Gasteiger partial charge in [-0.25, -0.2) is 0 Å². The highest BCUT2D eigenvalue weighted by atomic mass is 16.2. The van der Waals surface area contributed by atoms with E-state index in [0.717, 1.165) is 6.42 Å². The minimum Gasteiger partial charge on any atom is -0.347 e. The van der Waals surface area contributed by atoms with E-state index in [4.69, 9.17) is 5.73 Å². The Morgan fingerprint density at radius 3 is 2.46 bits per heavy atom. The molecular formula is C10H20N2O. The fourth-order valence-corrected chi connectivity index (χ4v) is 2.04. The first kappa shape index (κ1) is 10.5. The SMILES string of the molecule is CN(C)C(=O)C(N)CC1CCCC1. The first-order chi connectivity index (χ1) is 6.11. The van der Waals surface area contributed by atoms with Gasteiger partial charge < -0.3 is 10.6 Å². The topological polar surface area (TPSA) is 46.3 Å². The van der Waals surface area contributed by atoms with Crippen LogP contribution in [0, 0.1) is 5.92 Å². The first-order valence-electron chi connectivity index (χ1n) is 5.08. The van der Waals surface area contributed by atoms with E-state index >= 15 is 0 Å². The van der Waals surface area contributed by atoms with Crippen molar-refractivity contribution in [2.75, 3.05) is 14.1 Å². The number of likely N-dealkylation sites (N-methyl/N-ethyl adjacent to an activating group) is 1. The maximum absolute atomic E-state index is 11.4. The van der Waals surface area contributed by atoms with Crippen LogP contribution < -0.4 is 5.73 Å². The largest absolute Gasteiger partial charge is 0.347 e. The summed E-state index contributed by atoms with van der Waals surface area (Å²) in [5.74, 6) is 0.755. The Balaban J connectivity index is 2.31. The summed E-state index contributed by atoms with van der Waals surface area (Å²) in [5.41, 5.74) is 5.81. The van der Waals surface area contributed by atoms with E-state index in [0.29, 0.717) is 5.92 Å². The van der Waals surface area contributed by atoms with Gasteiger partial charge >= 0.3 is 0 Å². The molecular weight excluding hydrogens is 164 g/mol. The van der Waals surface area contributed by atoms with Gasteiger partial charge in [-0.15, -0.1) is 0 Å². The van der Waals surface area contributed by atoms with Crippen LogP contribution in [0.3, 0.4) is 0 Å². The molecule has 2 N–H and O–H groups in total. The minimum absolute atomic E-state index is 0.0619. The summed E-state index contributed by atoms with van der Waals surface area (Å²) in [4.78, 5) is 13.0. The third kappa shape index (κ3) is 2.99. The lowest BCUT2D eigenvalue weighted by Crippen LogP contribution is -2.40. The lowest BCUT2D eigenvalue weighted by Gasteiger charge is -2.19. The van der Waals surface area contributed by atoms with Gasteiger partial charge in [-0.3, -0.25) is 4.79 Å². The lowest BCUT2D eigenvalue weighted by molar-refractivity contribution is -0.130. The molecule has 0 spiro atoms. The van der Waals surface area contributed by atoms with Crippen molar-refractivity contribution in [3.8, 4) is 0 Å². The Kier molecular flexibility index (Phi) is 3.72. The van der Waals surface area contributed by atoms with Gasteiger partial charge in [-0.05, 0) is 12.3 Å². The van der Waals surface area contributed by atoms with Gasteiger partial charge in [-0.1, -0.05) is 25.7 Å². The maximum atomic E-state index is 11.4. The summed E-state index contributed by atoms with van der Waals surface area (Å²) in [6.45, 7) is 0. The standard InChI is InChI=1S/C10H20N2O/c1-12(2)10(13)9(11)7-8-5-3-4-6-8/h8-9H,3-7,11H2,1-2H3. The second-order valence-corrected chi connectivity index (χ2v) is 4.23. The van der Waals surface area contributed by atoms with Crippen LogP contribution >= 0.6 is 0 Å². The van der Waals surface area contributed by atoms with E-state index in [9.17, 15) is 4.79 Å². The molecule has 1 amide bonds. The molecule has 1 aliphatic carbocycles. The van der Waals surface area contributed by atoms with Crippen LogP contribution in [-0.4, -0.2) is 30.9 Å². The number of nitrogens with zero attached hydrogens (tertiary/aromatic N) is 1. The second-order valence-electron chi connectivity index (χ2n) is 4.23. The maximum Gasteiger partial charge on any atom is 0.238 e. The summed E-state index contributed by atoms with van der Waals surface area (Å²) in [5, 5.41) is 0. The second kappa shape index (κ2) is 4.61. The smallest absolute Gasteiger partial charge is 0.238 e. The van der Waals surface area contributed by atoms with E-state index in [1.807, 2.05) is 0 Å². The molecule has 0 bridgehead atoms. The van der Waals surface area contributed by atoms with Crippen LogP contribution in [0.4, 0.5) is 0 Å². The van der Waals surface area contributed by atoms with Crippen LogP contribution in [0.25, 0.3) is 0 Å². The van der Waals surface area contributed by atoms with E-state index < -0.39 is 0 Å². The molecule has 1 unspecified atom stereocenters. The highest BCUT2D eigenvalue weighted by molar-refractivity contribution is 5.81. The fraction of sp³-hybridized carbons (Fsp3) is 0.900. The van der Waals surface area contributed by atoms with Crippen LogP contribution in [-0.2, 0) is 4.79 Å². The summed E-state index contributed by atoms with van der Waals surface area (Å²) in [7, 11) is 3.52. The summed E-state index contributed by atoms with van der Waals surface area (Å²) in [6.07, 6.45) is 6.01. The van der Waals surface area contributed by atoms with E-state index in [2.05, 4.69) is 0 Å². The van der Waals surface area contributed by atoms with Gasteiger partial charge in [-0.2, -0.15) is 0 Å². The number of nitrogens with two attached hydrogens (primary N) is 1. The molecule has 3 heteroatoms. The molecule has 1 rings (SSSR count). The highest BCUT2D eigenvalue weighted by Crippen LogP contribution is 2.28. The van der Waals surface area contributed by atoms with E-state index in [1.165, 1.54) is 25.7 Å². The van der Waals surface area contributed by atoms with Crippen molar-refractivity contribution in [2.45, 2.75) is 38.1 Å². The predicted molar refractivity (Wildman–Crippen MR) is 53.2 cm³/mol. The Bertz CT molecular complexity index is 174. The van der Waals surface area contributed by atoms with Gasteiger partial charge in [0, 0.05) is 14.1 Å². The zero-order chi connectivity index (χ0) is 9.84.